The highest BCUT2D eigenvalue weighted by Crippen LogP contribution is 2.26. The summed E-state index contributed by atoms with van der Waals surface area (Å²) in [7, 11) is 0. The van der Waals surface area contributed by atoms with E-state index in [1.165, 1.54) is 11.3 Å². The van der Waals surface area contributed by atoms with Crippen LogP contribution in [-0.2, 0) is 11.2 Å². The summed E-state index contributed by atoms with van der Waals surface area (Å²) < 4.78 is 25.8. The van der Waals surface area contributed by atoms with Crippen molar-refractivity contribution in [1.29, 1.82) is 0 Å². The average Bonchev–Trinajstić information content (AvgIpc) is 2.84. The molecule has 1 aromatic heterocycles. The van der Waals surface area contributed by atoms with Gasteiger partial charge < -0.3 is 0 Å². The van der Waals surface area contributed by atoms with E-state index in [-0.39, 0.29) is 12.4 Å². The van der Waals surface area contributed by atoms with Gasteiger partial charge in [0.1, 0.15) is 5.01 Å². The summed E-state index contributed by atoms with van der Waals surface area (Å²) in [6, 6.07) is -0.862. The summed E-state index contributed by atoms with van der Waals surface area (Å²) in [5.41, 5.74) is 0. The first-order valence-electron chi connectivity index (χ1n) is 5.24. The van der Waals surface area contributed by atoms with Gasteiger partial charge in [0.25, 0.3) is 5.92 Å². The largest absolute Gasteiger partial charge is 0.300 e. The van der Waals surface area contributed by atoms with Crippen LogP contribution in [0.4, 0.5) is 13.9 Å². The molecule has 2 N–H and O–H groups in total. The number of hydrogen-bond donors (Lipinski definition) is 2. The number of halogens is 3. The number of carbonyl (C=O) groups excluding carboxylic acids is 1. The van der Waals surface area contributed by atoms with E-state index in [1.54, 1.807) is 0 Å². The lowest BCUT2D eigenvalue weighted by atomic mass is 10.2. The van der Waals surface area contributed by atoms with Crippen molar-refractivity contribution in [1.82, 2.24) is 15.5 Å². The van der Waals surface area contributed by atoms with Crippen LogP contribution in [0.15, 0.2) is 0 Å². The third-order valence-corrected chi connectivity index (χ3v) is 3.41. The van der Waals surface area contributed by atoms with Gasteiger partial charge in [0.05, 0.1) is 12.6 Å². The molecule has 1 aromatic rings. The third-order valence-electron chi connectivity index (χ3n) is 2.43. The molecule has 1 fully saturated rings. The Morgan fingerprint density at radius 1 is 1.61 bits per heavy atom. The molecule has 0 aromatic carbocycles. The first-order chi connectivity index (χ1) is 8.00. The van der Waals surface area contributed by atoms with E-state index >= 15 is 0 Å². The maximum atomic E-state index is 12.9. The van der Waals surface area contributed by atoms with Gasteiger partial charge in [-0.3, -0.25) is 15.4 Å². The molecule has 2 rings (SSSR count). The van der Waals surface area contributed by atoms with Crippen molar-refractivity contribution in [3.63, 3.8) is 0 Å². The van der Waals surface area contributed by atoms with Crippen molar-refractivity contribution in [3.05, 3.63) is 5.01 Å². The predicted molar refractivity (Wildman–Crippen MR) is 66.5 cm³/mol. The SMILES string of the molecule is CCc1nnc(NC(=O)C2CC(F)(F)CN2)s1.Cl. The number of nitrogens with one attached hydrogen (secondary N) is 2. The highest BCUT2D eigenvalue weighted by Gasteiger charge is 2.42. The first-order valence-corrected chi connectivity index (χ1v) is 6.06. The van der Waals surface area contributed by atoms with E-state index in [2.05, 4.69) is 20.8 Å². The summed E-state index contributed by atoms with van der Waals surface area (Å²) in [4.78, 5) is 11.6. The zero-order valence-corrected chi connectivity index (χ0v) is 11.2. The molecule has 0 radical (unpaired) electrons. The zero-order valence-electron chi connectivity index (χ0n) is 9.57. The standard InChI is InChI=1S/C9H12F2N4OS.ClH/c1-2-6-14-15-8(17-6)13-7(16)5-3-9(10,11)4-12-5;/h5,12H,2-4H2,1H3,(H,13,15,16);1H. The number of hydrogen-bond acceptors (Lipinski definition) is 5. The zero-order chi connectivity index (χ0) is 12.5. The number of alkyl halides is 2. The second-order valence-corrected chi connectivity index (χ2v) is 4.90. The Morgan fingerprint density at radius 2 is 2.33 bits per heavy atom. The molecule has 0 spiro atoms. The minimum atomic E-state index is -2.81. The number of aryl methyl sites for hydroxylation is 1. The van der Waals surface area contributed by atoms with E-state index < -0.39 is 30.8 Å². The Balaban J connectivity index is 0.00000162. The number of nitrogens with zero attached hydrogens (tertiary/aromatic N) is 2. The predicted octanol–water partition coefficient (Wildman–Crippen LogP) is 1.46. The van der Waals surface area contributed by atoms with Gasteiger partial charge in [-0.15, -0.1) is 22.6 Å². The second kappa shape index (κ2) is 5.85. The van der Waals surface area contributed by atoms with Crippen LogP contribution < -0.4 is 10.6 Å². The van der Waals surface area contributed by atoms with Gasteiger partial charge in [0.15, 0.2) is 0 Å². The number of amides is 1. The van der Waals surface area contributed by atoms with E-state index in [0.29, 0.717) is 5.13 Å². The summed E-state index contributed by atoms with van der Waals surface area (Å²) in [6.07, 6.45) is 0.256. The Hall–Kier alpha value is -0.860. The minimum absolute atomic E-state index is 0. The quantitative estimate of drug-likeness (QED) is 0.886. The highest BCUT2D eigenvalue weighted by molar-refractivity contribution is 7.15. The average molecular weight is 299 g/mol. The van der Waals surface area contributed by atoms with Crippen LogP contribution in [0.1, 0.15) is 18.4 Å². The second-order valence-electron chi connectivity index (χ2n) is 3.84. The topological polar surface area (TPSA) is 66.9 Å². The summed E-state index contributed by atoms with van der Waals surface area (Å²) in [5, 5.41) is 13.7. The first kappa shape index (κ1) is 15.2. The highest BCUT2D eigenvalue weighted by atomic mass is 35.5. The van der Waals surface area contributed by atoms with Crippen molar-refractivity contribution in [2.24, 2.45) is 0 Å². The molecule has 2 heterocycles. The normalized spacial score (nSPS) is 21.4. The molecule has 0 bridgehead atoms. The van der Waals surface area contributed by atoms with Crippen molar-refractivity contribution in [2.45, 2.75) is 31.7 Å². The van der Waals surface area contributed by atoms with Crippen LogP contribution in [0.3, 0.4) is 0 Å². The molecule has 1 amide bonds. The molecule has 9 heteroatoms. The van der Waals surface area contributed by atoms with Gasteiger partial charge >= 0.3 is 0 Å². The van der Waals surface area contributed by atoms with Crippen molar-refractivity contribution < 1.29 is 13.6 Å². The molecular formula is C9H13ClF2N4OS. The van der Waals surface area contributed by atoms with Gasteiger partial charge in [-0.1, -0.05) is 18.3 Å². The number of anilines is 1. The Kier molecular flexibility index (Phi) is 4.94. The van der Waals surface area contributed by atoms with Gasteiger partial charge in [0.2, 0.25) is 11.0 Å². The number of carbonyl (C=O) groups is 1. The van der Waals surface area contributed by atoms with Crippen LogP contribution >= 0.6 is 23.7 Å². The lowest BCUT2D eigenvalue weighted by Gasteiger charge is -2.08. The molecule has 5 nitrogen and oxygen atoms in total. The van der Waals surface area contributed by atoms with Crippen molar-refractivity contribution in [3.8, 4) is 0 Å². The Bertz CT molecular complexity index is 428. The van der Waals surface area contributed by atoms with E-state index in [0.717, 1.165) is 11.4 Å². The molecule has 1 unspecified atom stereocenters. The van der Waals surface area contributed by atoms with Gasteiger partial charge in [-0.25, -0.2) is 8.78 Å². The smallest absolute Gasteiger partial charge is 0.262 e. The van der Waals surface area contributed by atoms with Crippen LogP contribution in [-0.4, -0.2) is 34.6 Å². The summed E-state index contributed by atoms with van der Waals surface area (Å²) >= 11 is 1.25. The number of rotatable bonds is 3. The van der Waals surface area contributed by atoms with Gasteiger partial charge in [0, 0.05) is 6.42 Å². The van der Waals surface area contributed by atoms with E-state index in [4.69, 9.17) is 0 Å². The van der Waals surface area contributed by atoms with Crippen molar-refractivity contribution in [2.75, 3.05) is 11.9 Å². The van der Waals surface area contributed by atoms with Crippen molar-refractivity contribution >= 4 is 34.8 Å². The van der Waals surface area contributed by atoms with Crippen LogP contribution in [0.2, 0.25) is 0 Å². The molecule has 0 saturated carbocycles. The molecule has 0 aliphatic carbocycles. The molecule has 1 aliphatic rings. The monoisotopic (exact) mass is 298 g/mol. The van der Waals surface area contributed by atoms with Gasteiger partial charge in [-0.05, 0) is 6.42 Å². The number of aromatic nitrogens is 2. The fraction of sp³-hybridized carbons (Fsp3) is 0.667. The molecule has 1 saturated heterocycles. The minimum Gasteiger partial charge on any atom is -0.300 e. The van der Waals surface area contributed by atoms with Gasteiger partial charge in [-0.2, -0.15) is 0 Å². The molecule has 1 atom stereocenters. The van der Waals surface area contributed by atoms with Crippen LogP contribution in [0.25, 0.3) is 0 Å². The molecule has 18 heavy (non-hydrogen) atoms. The Morgan fingerprint density at radius 3 is 2.83 bits per heavy atom. The summed E-state index contributed by atoms with van der Waals surface area (Å²) in [5.74, 6) is -3.29. The lowest BCUT2D eigenvalue weighted by Crippen LogP contribution is -2.35. The molecule has 1 aliphatic heterocycles. The maximum Gasteiger partial charge on any atom is 0.262 e. The molecule has 102 valence electrons. The van der Waals surface area contributed by atoms with Crippen LogP contribution in [0, 0.1) is 0 Å². The lowest BCUT2D eigenvalue weighted by molar-refractivity contribution is -0.118. The fourth-order valence-corrected chi connectivity index (χ4v) is 2.22. The fourth-order valence-electron chi connectivity index (χ4n) is 1.54. The molecular weight excluding hydrogens is 286 g/mol. The Labute approximate surface area is 113 Å². The van der Waals surface area contributed by atoms with E-state index in [9.17, 15) is 13.6 Å². The van der Waals surface area contributed by atoms with Crippen LogP contribution in [0.5, 0.6) is 0 Å². The maximum absolute atomic E-state index is 12.9. The van der Waals surface area contributed by atoms with E-state index in [1.807, 2.05) is 6.92 Å². The third kappa shape index (κ3) is 3.56. The summed E-state index contributed by atoms with van der Waals surface area (Å²) in [6.45, 7) is 1.46.